The molecule has 0 aromatic carbocycles. The van der Waals surface area contributed by atoms with Crippen LogP contribution in [-0.4, -0.2) is 42.4 Å². The lowest BCUT2D eigenvalue weighted by Crippen LogP contribution is -2.48. The third kappa shape index (κ3) is 4.11. The first-order valence-corrected chi connectivity index (χ1v) is 8.51. The van der Waals surface area contributed by atoms with E-state index in [-0.39, 0.29) is 36.2 Å². The van der Waals surface area contributed by atoms with E-state index < -0.39 is 0 Å². The number of nitrogens with one attached hydrogen (secondary N) is 1. The van der Waals surface area contributed by atoms with Gasteiger partial charge < -0.3 is 20.4 Å². The third-order valence-corrected chi connectivity index (χ3v) is 5.20. The van der Waals surface area contributed by atoms with Crippen molar-refractivity contribution in [2.75, 3.05) is 19.6 Å². The maximum Gasteiger partial charge on any atom is 0.257 e. The van der Waals surface area contributed by atoms with Gasteiger partial charge in [0.25, 0.3) is 5.91 Å². The summed E-state index contributed by atoms with van der Waals surface area (Å²) >= 11 is 0. The Hall–Kier alpha value is -1.53. The molecule has 2 aliphatic rings. The number of nitrogens with two attached hydrogens (primary N) is 1. The second kappa shape index (κ2) is 8.53. The van der Waals surface area contributed by atoms with Gasteiger partial charge in [0.05, 0.1) is 11.8 Å². The molecule has 0 spiro atoms. The van der Waals surface area contributed by atoms with Gasteiger partial charge in [-0.3, -0.25) is 9.59 Å². The Morgan fingerprint density at radius 3 is 2.62 bits per heavy atom. The van der Waals surface area contributed by atoms with Crippen LogP contribution >= 0.6 is 12.4 Å². The van der Waals surface area contributed by atoms with Crippen molar-refractivity contribution in [2.45, 2.75) is 38.1 Å². The summed E-state index contributed by atoms with van der Waals surface area (Å²) in [5.74, 6) is 0.559. The lowest BCUT2D eigenvalue weighted by atomic mass is 9.94. The monoisotopic (exact) mass is 355 g/mol. The molecule has 2 amide bonds. The molecule has 1 aromatic rings. The Kier molecular flexibility index (Phi) is 6.69. The van der Waals surface area contributed by atoms with Gasteiger partial charge in [-0.25, -0.2) is 0 Å². The second-order valence-corrected chi connectivity index (χ2v) is 6.62. The second-order valence-electron chi connectivity index (χ2n) is 6.62. The maximum absolute atomic E-state index is 12.4. The Balaban J connectivity index is 0.00000208. The van der Waals surface area contributed by atoms with Crippen LogP contribution in [0.3, 0.4) is 0 Å². The van der Waals surface area contributed by atoms with E-state index in [0.29, 0.717) is 31.1 Å². The molecule has 0 radical (unpaired) electrons. The molecule has 3 rings (SSSR count). The minimum atomic E-state index is 0. The molecule has 1 aliphatic heterocycles. The van der Waals surface area contributed by atoms with Crippen LogP contribution in [0.4, 0.5) is 0 Å². The molecule has 2 fully saturated rings. The van der Waals surface area contributed by atoms with Gasteiger partial charge >= 0.3 is 0 Å². The molecule has 0 unspecified atom stereocenters. The molecule has 7 heteroatoms. The summed E-state index contributed by atoms with van der Waals surface area (Å²) in [7, 11) is 0. The Morgan fingerprint density at radius 1 is 1.25 bits per heavy atom. The van der Waals surface area contributed by atoms with Crippen molar-refractivity contribution in [2.24, 2.45) is 17.6 Å². The molecule has 134 valence electrons. The smallest absolute Gasteiger partial charge is 0.257 e. The summed E-state index contributed by atoms with van der Waals surface area (Å²) in [5.41, 5.74) is 6.35. The summed E-state index contributed by atoms with van der Waals surface area (Å²) in [6.07, 6.45) is 7.69. The molecule has 1 aliphatic carbocycles. The van der Waals surface area contributed by atoms with Crippen LogP contribution in [0.5, 0.6) is 0 Å². The first kappa shape index (κ1) is 18.8. The first-order valence-electron chi connectivity index (χ1n) is 8.51. The number of likely N-dealkylation sites (tertiary alicyclic amines) is 1. The number of piperidine rings is 1. The van der Waals surface area contributed by atoms with E-state index in [4.69, 9.17) is 10.2 Å². The molecule has 24 heavy (non-hydrogen) atoms. The van der Waals surface area contributed by atoms with Gasteiger partial charge in [-0.2, -0.15) is 0 Å². The van der Waals surface area contributed by atoms with E-state index in [9.17, 15) is 9.59 Å². The molecule has 6 nitrogen and oxygen atoms in total. The number of carbonyl (C=O) groups excluding carboxylic acids is 2. The third-order valence-electron chi connectivity index (χ3n) is 5.20. The van der Waals surface area contributed by atoms with E-state index in [1.165, 1.54) is 12.5 Å². The summed E-state index contributed by atoms with van der Waals surface area (Å²) in [5, 5.41) is 3.17. The molecular weight excluding hydrogens is 330 g/mol. The SMILES string of the molecule is Cl.NC[C@H]1CCC[C@H]1C(=O)NC1CCN(C(=O)c2ccoc2)CC1. The van der Waals surface area contributed by atoms with Crippen molar-refractivity contribution in [3.8, 4) is 0 Å². The number of amides is 2. The van der Waals surface area contributed by atoms with Gasteiger partial charge in [-0.15, -0.1) is 12.4 Å². The van der Waals surface area contributed by atoms with Crippen LogP contribution in [0.1, 0.15) is 42.5 Å². The summed E-state index contributed by atoms with van der Waals surface area (Å²) in [6, 6.07) is 1.85. The van der Waals surface area contributed by atoms with Crippen molar-refractivity contribution >= 4 is 24.2 Å². The minimum Gasteiger partial charge on any atom is -0.472 e. The topological polar surface area (TPSA) is 88.6 Å². The van der Waals surface area contributed by atoms with Gasteiger partial charge in [0, 0.05) is 25.0 Å². The number of rotatable bonds is 4. The van der Waals surface area contributed by atoms with Crippen molar-refractivity contribution in [3.05, 3.63) is 24.2 Å². The highest BCUT2D eigenvalue weighted by molar-refractivity contribution is 5.93. The molecule has 2 heterocycles. The molecular formula is C17H26ClN3O3. The van der Waals surface area contributed by atoms with Crippen LogP contribution in [0, 0.1) is 11.8 Å². The summed E-state index contributed by atoms with van der Waals surface area (Å²) in [4.78, 5) is 26.5. The number of hydrogen-bond acceptors (Lipinski definition) is 4. The lowest BCUT2D eigenvalue weighted by Gasteiger charge is -2.33. The van der Waals surface area contributed by atoms with E-state index in [2.05, 4.69) is 5.32 Å². The van der Waals surface area contributed by atoms with Gasteiger partial charge in [-0.1, -0.05) is 6.42 Å². The zero-order valence-electron chi connectivity index (χ0n) is 13.8. The van der Waals surface area contributed by atoms with Crippen molar-refractivity contribution in [1.82, 2.24) is 10.2 Å². The van der Waals surface area contributed by atoms with E-state index >= 15 is 0 Å². The molecule has 1 saturated carbocycles. The maximum atomic E-state index is 12.4. The number of furan rings is 1. The van der Waals surface area contributed by atoms with Crippen molar-refractivity contribution < 1.29 is 14.0 Å². The fraction of sp³-hybridized carbons (Fsp3) is 0.647. The van der Waals surface area contributed by atoms with Crippen LogP contribution in [-0.2, 0) is 4.79 Å². The van der Waals surface area contributed by atoms with E-state index in [0.717, 1.165) is 32.1 Å². The average Bonchev–Trinajstić information content (AvgIpc) is 3.26. The fourth-order valence-electron chi connectivity index (χ4n) is 3.77. The van der Waals surface area contributed by atoms with Crippen molar-refractivity contribution in [1.29, 1.82) is 0 Å². The van der Waals surface area contributed by atoms with Gasteiger partial charge in [0.1, 0.15) is 6.26 Å². The lowest BCUT2D eigenvalue weighted by molar-refractivity contribution is -0.126. The highest BCUT2D eigenvalue weighted by atomic mass is 35.5. The molecule has 2 atom stereocenters. The Bertz CT molecular complexity index is 541. The normalized spacial score (nSPS) is 24.5. The zero-order valence-corrected chi connectivity index (χ0v) is 14.6. The van der Waals surface area contributed by atoms with Crippen LogP contribution in [0.25, 0.3) is 0 Å². The predicted octanol–water partition coefficient (Wildman–Crippen LogP) is 1.80. The standard InChI is InChI=1S/C17H25N3O3.ClH/c18-10-12-2-1-3-15(12)16(21)19-14-4-7-20(8-5-14)17(22)13-6-9-23-11-13;/h6,9,11-12,14-15H,1-5,7-8,10,18H2,(H,19,21);1H/t12-,15-;/m1./s1. The predicted molar refractivity (Wildman–Crippen MR) is 92.9 cm³/mol. The van der Waals surface area contributed by atoms with Gasteiger partial charge in [-0.05, 0) is 44.2 Å². The van der Waals surface area contributed by atoms with Crippen molar-refractivity contribution in [3.63, 3.8) is 0 Å². The van der Waals surface area contributed by atoms with Gasteiger partial charge in [0.2, 0.25) is 5.91 Å². The van der Waals surface area contributed by atoms with Crippen LogP contribution in [0.15, 0.2) is 23.0 Å². The minimum absolute atomic E-state index is 0. The van der Waals surface area contributed by atoms with Crippen LogP contribution in [0.2, 0.25) is 0 Å². The molecule has 1 aromatic heterocycles. The Labute approximate surface area is 148 Å². The molecule has 1 saturated heterocycles. The van der Waals surface area contributed by atoms with Gasteiger partial charge in [0.15, 0.2) is 0 Å². The molecule has 3 N–H and O–H groups in total. The largest absolute Gasteiger partial charge is 0.472 e. The van der Waals surface area contributed by atoms with E-state index in [1.54, 1.807) is 6.07 Å². The highest BCUT2D eigenvalue weighted by Gasteiger charge is 2.33. The van der Waals surface area contributed by atoms with E-state index in [1.807, 2.05) is 4.90 Å². The number of hydrogen-bond donors (Lipinski definition) is 2. The summed E-state index contributed by atoms with van der Waals surface area (Å²) < 4.78 is 4.96. The average molecular weight is 356 g/mol. The highest BCUT2D eigenvalue weighted by Crippen LogP contribution is 2.31. The Morgan fingerprint density at radius 2 is 2.00 bits per heavy atom. The number of nitrogens with zero attached hydrogens (tertiary/aromatic N) is 1. The number of halogens is 1. The zero-order chi connectivity index (χ0) is 16.2. The summed E-state index contributed by atoms with van der Waals surface area (Å²) in [6.45, 7) is 1.93. The first-order chi connectivity index (χ1) is 11.2. The molecule has 0 bridgehead atoms. The number of carbonyl (C=O) groups is 2. The van der Waals surface area contributed by atoms with Crippen LogP contribution < -0.4 is 11.1 Å². The quantitative estimate of drug-likeness (QED) is 0.861. The fourth-order valence-corrected chi connectivity index (χ4v) is 3.77.